The molecule has 0 atom stereocenters. The summed E-state index contributed by atoms with van der Waals surface area (Å²) in [6.07, 6.45) is 0. The molecular weight excluding hydrogens is 455 g/mol. The molecule has 1 amide bonds. The predicted octanol–water partition coefficient (Wildman–Crippen LogP) is 6.15. The number of hydrogen-bond acceptors (Lipinski definition) is 3. The fourth-order valence-corrected chi connectivity index (χ4v) is 4.33. The Kier molecular flexibility index (Phi) is 7.59. The minimum absolute atomic E-state index is 0.0674. The summed E-state index contributed by atoms with van der Waals surface area (Å²) in [5, 5.41) is 1.14. The van der Waals surface area contributed by atoms with E-state index in [-0.39, 0.29) is 5.91 Å². The first-order valence-electron chi connectivity index (χ1n) is 11.1. The molecule has 0 saturated carbocycles. The van der Waals surface area contributed by atoms with Crippen LogP contribution in [0.3, 0.4) is 0 Å². The van der Waals surface area contributed by atoms with Crippen LogP contribution in [0.5, 0.6) is 5.75 Å². The van der Waals surface area contributed by atoms with Crippen LogP contribution in [0.4, 0.5) is 0 Å². The fourth-order valence-electron chi connectivity index (χ4n) is 4.01. The first kappa shape index (κ1) is 23.6. The molecule has 0 unspecified atom stereocenters. The lowest BCUT2D eigenvalue weighted by atomic mass is 10.1. The molecule has 3 aromatic rings. The van der Waals surface area contributed by atoms with Gasteiger partial charge in [-0.25, -0.2) is 0 Å². The van der Waals surface area contributed by atoms with E-state index in [9.17, 15) is 4.79 Å². The van der Waals surface area contributed by atoms with Gasteiger partial charge >= 0.3 is 0 Å². The van der Waals surface area contributed by atoms with Crippen LogP contribution < -0.4 is 4.74 Å². The molecule has 3 aromatic carbocycles. The molecule has 0 aromatic heterocycles. The Morgan fingerprint density at radius 2 is 1.67 bits per heavy atom. The lowest BCUT2D eigenvalue weighted by molar-refractivity contribution is 0.0628. The molecule has 0 aliphatic carbocycles. The standard InChI is InChI=1S/C27H28Cl2N2O2/c1-19-6-7-20(2)26(14-19)33-18-22-4-3-5-23(15-22)27(32)31-12-10-30(11-13-31)17-21-8-9-24(28)25(29)16-21/h3-9,14-16H,10-13,17-18H2,1-2H3. The number of amides is 1. The summed E-state index contributed by atoms with van der Waals surface area (Å²) >= 11 is 12.1. The average Bonchev–Trinajstić information content (AvgIpc) is 2.82. The lowest BCUT2D eigenvalue weighted by Crippen LogP contribution is -2.48. The topological polar surface area (TPSA) is 32.8 Å². The van der Waals surface area contributed by atoms with E-state index in [2.05, 4.69) is 24.0 Å². The Balaban J connectivity index is 1.33. The second-order valence-corrected chi connectivity index (χ2v) is 9.39. The van der Waals surface area contributed by atoms with Crippen LogP contribution in [-0.4, -0.2) is 41.9 Å². The van der Waals surface area contributed by atoms with Gasteiger partial charge in [-0.05, 0) is 66.4 Å². The molecule has 1 heterocycles. The van der Waals surface area contributed by atoms with E-state index in [4.69, 9.17) is 27.9 Å². The Morgan fingerprint density at radius 1 is 0.879 bits per heavy atom. The molecule has 4 nitrogen and oxygen atoms in total. The van der Waals surface area contributed by atoms with E-state index in [1.807, 2.05) is 60.4 Å². The molecule has 0 bridgehead atoms. The maximum Gasteiger partial charge on any atom is 0.253 e. The summed E-state index contributed by atoms with van der Waals surface area (Å²) in [4.78, 5) is 17.4. The smallest absolute Gasteiger partial charge is 0.253 e. The summed E-state index contributed by atoms with van der Waals surface area (Å²) in [6.45, 7) is 8.36. The molecule has 33 heavy (non-hydrogen) atoms. The molecule has 1 aliphatic rings. The van der Waals surface area contributed by atoms with Crippen molar-refractivity contribution in [2.24, 2.45) is 0 Å². The highest BCUT2D eigenvalue weighted by Gasteiger charge is 2.22. The third kappa shape index (κ3) is 6.08. The van der Waals surface area contributed by atoms with Gasteiger partial charge in [0.2, 0.25) is 0 Å². The van der Waals surface area contributed by atoms with E-state index < -0.39 is 0 Å². The van der Waals surface area contributed by atoms with Crippen molar-refractivity contribution in [3.05, 3.63) is 98.5 Å². The number of hydrogen-bond donors (Lipinski definition) is 0. The van der Waals surface area contributed by atoms with Crippen LogP contribution in [0.15, 0.2) is 60.7 Å². The molecule has 1 aliphatic heterocycles. The van der Waals surface area contributed by atoms with Gasteiger partial charge in [-0.3, -0.25) is 9.69 Å². The highest BCUT2D eigenvalue weighted by Crippen LogP contribution is 2.24. The molecule has 0 radical (unpaired) electrons. The Morgan fingerprint density at radius 3 is 2.42 bits per heavy atom. The third-order valence-corrected chi connectivity index (χ3v) is 6.70. The quantitative estimate of drug-likeness (QED) is 0.422. The number of ether oxygens (including phenoxy) is 1. The van der Waals surface area contributed by atoms with Gasteiger partial charge in [-0.1, -0.05) is 53.5 Å². The number of carbonyl (C=O) groups is 1. The van der Waals surface area contributed by atoms with Gasteiger partial charge in [0, 0.05) is 38.3 Å². The van der Waals surface area contributed by atoms with Crippen LogP contribution >= 0.6 is 23.2 Å². The van der Waals surface area contributed by atoms with Gasteiger partial charge in [0.15, 0.2) is 0 Å². The molecule has 1 saturated heterocycles. The molecule has 4 rings (SSSR count). The highest BCUT2D eigenvalue weighted by molar-refractivity contribution is 6.42. The zero-order valence-electron chi connectivity index (χ0n) is 19.0. The first-order chi connectivity index (χ1) is 15.9. The van der Waals surface area contributed by atoms with Gasteiger partial charge in [0.1, 0.15) is 12.4 Å². The number of piperazine rings is 1. The largest absolute Gasteiger partial charge is 0.489 e. The molecule has 0 spiro atoms. The van der Waals surface area contributed by atoms with Crippen LogP contribution in [0.2, 0.25) is 10.0 Å². The Bertz CT molecular complexity index is 1140. The number of halogens is 2. The van der Waals surface area contributed by atoms with Crippen molar-refractivity contribution >= 4 is 29.1 Å². The van der Waals surface area contributed by atoms with E-state index in [0.717, 1.165) is 47.6 Å². The van der Waals surface area contributed by atoms with Gasteiger partial charge in [-0.2, -0.15) is 0 Å². The minimum atomic E-state index is 0.0674. The van der Waals surface area contributed by atoms with Gasteiger partial charge < -0.3 is 9.64 Å². The highest BCUT2D eigenvalue weighted by atomic mass is 35.5. The van der Waals surface area contributed by atoms with Crippen LogP contribution in [0.25, 0.3) is 0 Å². The molecule has 0 N–H and O–H groups in total. The molecule has 6 heteroatoms. The Labute approximate surface area is 205 Å². The van der Waals surface area contributed by atoms with Gasteiger partial charge in [0.25, 0.3) is 5.91 Å². The van der Waals surface area contributed by atoms with Crippen LogP contribution in [0, 0.1) is 13.8 Å². The predicted molar refractivity (Wildman–Crippen MR) is 134 cm³/mol. The van der Waals surface area contributed by atoms with Gasteiger partial charge in [0.05, 0.1) is 10.0 Å². The van der Waals surface area contributed by atoms with E-state index >= 15 is 0 Å². The van der Waals surface area contributed by atoms with E-state index in [0.29, 0.717) is 35.3 Å². The van der Waals surface area contributed by atoms with E-state index in [1.54, 1.807) is 0 Å². The maximum absolute atomic E-state index is 13.1. The summed E-state index contributed by atoms with van der Waals surface area (Å²) < 4.78 is 6.02. The van der Waals surface area contributed by atoms with Crippen molar-refractivity contribution in [1.82, 2.24) is 9.80 Å². The number of aryl methyl sites for hydroxylation is 2. The summed E-state index contributed by atoms with van der Waals surface area (Å²) in [5.74, 6) is 0.947. The minimum Gasteiger partial charge on any atom is -0.489 e. The van der Waals surface area contributed by atoms with Crippen molar-refractivity contribution in [3.8, 4) is 5.75 Å². The SMILES string of the molecule is Cc1ccc(C)c(OCc2cccc(C(=O)N3CCN(Cc4ccc(Cl)c(Cl)c4)CC3)c2)c1. The zero-order valence-corrected chi connectivity index (χ0v) is 20.5. The number of carbonyl (C=O) groups excluding carboxylic acids is 1. The summed E-state index contributed by atoms with van der Waals surface area (Å²) in [6, 6.07) is 19.7. The first-order valence-corrected chi connectivity index (χ1v) is 11.9. The zero-order chi connectivity index (χ0) is 23.4. The Hall–Kier alpha value is -2.53. The number of benzene rings is 3. The normalized spacial score (nSPS) is 14.4. The fraction of sp³-hybridized carbons (Fsp3) is 0.296. The number of nitrogens with zero attached hydrogens (tertiary/aromatic N) is 2. The molecule has 1 fully saturated rings. The average molecular weight is 483 g/mol. The third-order valence-electron chi connectivity index (χ3n) is 5.96. The van der Waals surface area contributed by atoms with Crippen molar-refractivity contribution in [2.75, 3.05) is 26.2 Å². The molecule has 172 valence electrons. The lowest BCUT2D eigenvalue weighted by Gasteiger charge is -2.35. The van der Waals surface area contributed by atoms with Crippen LogP contribution in [-0.2, 0) is 13.2 Å². The van der Waals surface area contributed by atoms with Crippen molar-refractivity contribution in [3.63, 3.8) is 0 Å². The van der Waals surface area contributed by atoms with Crippen molar-refractivity contribution in [1.29, 1.82) is 0 Å². The van der Waals surface area contributed by atoms with E-state index in [1.165, 1.54) is 0 Å². The monoisotopic (exact) mass is 482 g/mol. The second kappa shape index (κ2) is 10.6. The second-order valence-electron chi connectivity index (χ2n) is 8.57. The van der Waals surface area contributed by atoms with Gasteiger partial charge in [-0.15, -0.1) is 0 Å². The van der Waals surface area contributed by atoms with Crippen LogP contribution in [0.1, 0.15) is 32.6 Å². The van der Waals surface area contributed by atoms with Crippen molar-refractivity contribution < 1.29 is 9.53 Å². The van der Waals surface area contributed by atoms with Crippen molar-refractivity contribution in [2.45, 2.75) is 27.0 Å². The number of rotatable bonds is 6. The maximum atomic E-state index is 13.1. The molecular formula is C27H28Cl2N2O2. The summed E-state index contributed by atoms with van der Waals surface area (Å²) in [5.41, 5.74) is 5.08. The summed E-state index contributed by atoms with van der Waals surface area (Å²) in [7, 11) is 0.